The third kappa shape index (κ3) is 2.15. The van der Waals surface area contributed by atoms with Crippen molar-refractivity contribution in [2.75, 3.05) is 11.4 Å². The van der Waals surface area contributed by atoms with Crippen LogP contribution in [0.25, 0.3) is 0 Å². The normalized spacial score (nSPS) is 20.8. The van der Waals surface area contributed by atoms with Crippen LogP contribution in [0.1, 0.15) is 31.7 Å². The molecule has 0 spiro atoms. The van der Waals surface area contributed by atoms with E-state index in [1.807, 2.05) is 12.1 Å². The van der Waals surface area contributed by atoms with Crippen LogP contribution in [0.15, 0.2) is 18.3 Å². The van der Waals surface area contributed by atoms with Gasteiger partial charge in [-0.25, -0.2) is 4.98 Å². The van der Waals surface area contributed by atoms with Gasteiger partial charge in [0, 0.05) is 24.3 Å². The first-order valence-electron chi connectivity index (χ1n) is 5.75. The van der Waals surface area contributed by atoms with Gasteiger partial charge >= 0.3 is 0 Å². The summed E-state index contributed by atoms with van der Waals surface area (Å²) in [7, 11) is 0. The molecular weight excluding hydrogens is 200 g/mol. The number of hydrogen-bond acceptors (Lipinski definition) is 3. The number of rotatable bonds is 2. The molecule has 1 unspecified atom stereocenters. The highest BCUT2D eigenvalue weighted by molar-refractivity contribution is 5.94. The Morgan fingerprint density at radius 2 is 2.31 bits per heavy atom. The molecule has 4 nitrogen and oxygen atoms in total. The maximum atomic E-state index is 7.31. The molecule has 16 heavy (non-hydrogen) atoms. The second-order valence-corrected chi connectivity index (χ2v) is 4.36. The minimum atomic E-state index is 0.0748. The standard InChI is InChI=1S/C12H18N4/c1-9-4-2-3-7-16(9)11-6-5-10(8-15-11)12(13)14/h5-6,8-9H,2-4,7H2,1H3,(H3,13,14). The van der Waals surface area contributed by atoms with Crippen molar-refractivity contribution in [2.24, 2.45) is 5.73 Å². The van der Waals surface area contributed by atoms with Crippen LogP contribution < -0.4 is 10.6 Å². The first-order chi connectivity index (χ1) is 7.68. The van der Waals surface area contributed by atoms with E-state index in [9.17, 15) is 0 Å². The Kier molecular flexibility index (Phi) is 3.08. The molecule has 3 N–H and O–H groups in total. The second-order valence-electron chi connectivity index (χ2n) is 4.36. The van der Waals surface area contributed by atoms with Crippen molar-refractivity contribution < 1.29 is 0 Å². The molecule has 1 atom stereocenters. The molecule has 1 fully saturated rings. The third-order valence-electron chi connectivity index (χ3n) is 3.16. The summed E-state index contributed by atoms with van der Waals surface area (Å²) in [5.74, 6) is 1.07. The van der Waals surface area contributed by atoms with Crippen LogP contribution in [-0.2, 0) is 0 Å². The Balaban J connectivity index is 2.17. The van der Waals surface area contributed by atoms with Gasteiger partial charge in [0.1, 0.15) is 11.7 Å². The zero-order chi connectivity index (χ0) is 11.5. The van der Waals surface area contributed by atoms with Crippen molar-refractivity contribution in [1.29, 1.82) is 5.41 Å². The highest BCUT2D eigenvalue weighted by Crippen LogP contribution is 2.22. The Morgan fingerprint density at radius 1 is 1.50 bits per heavy atom. The maximum absolute atomic E-state index is 7.31. The average molecular weight is 218 g/mol. The lowest BCUT2D eigenvalue weighted by molar-refractivity contribution is 0.481. The smallest absolute Gasteiger partial charge is 0.128 e. The monoisotopic (exact) mass is 218 g/mol. The van der Waals surface area contributed by atoms with E-state index < -0.39 is 0 Å². The van der Waals surface area contributed by atoms with Gasteiger partial charge in [0.15, 0.2) is 0 Å². The van der Waals surface area contributed by atoms with Crippen molar-refractivity contribution >= 4 is 11.7 Å². The number of aromatic nitrogens is 1. The van der Waals surface area contributed by atoms with Crippen molar-refractivity contribution in [1.82, 2.24) is 4.98 Å². The van der Waals surface area contributed by atoms with E-state index in [4.69, 9.17) is 11.1 Å². The van der Waals surface area contributed by atoms with Gasteiger partial charge in [0.2, 0.25) is 0 Å². The highest BCUT2D eigenvalue weighted by atomic mass is 15.2. The Bertz CT molecular complexity index is 371. The first kappa shape index (κ1) is 10.9. The summed E-state index contributed by atoms with van der Waals surface area (Å²) < 4.78 is 0. The topological polar surface area (TPSA) is 66.0 Å². The predicted octanol–water partition coefficient (Wildman–Crippen LogP) is 1.74. The van der Waals surface area contributed by atoms with Crippen molar-refractivity contribution in [2.45, 2.75) is 32.2 Å². The molecule has 0 aromatic carbocycles. The van der Waals surface area contributed by atoms with Gasteiger partial charge in [-0.15, -0.1) is 0 Å². The molecule has 1 aromatic rings. The Hall–Kier alpha value is -1.58. The van der Waals surface area contributed by atoms with Crippen molar-refractivity contribution in [3.05, 3.63) is 23.9 Å². The summed E-state index contributed by atoms with van der Waals surface area (Å²) >= 11 is 0. The van der Waals surface area contributed by atoms with Crippen LogP contribution in [0.2, 0.25) is 0 Å². The van der Waals surface area contributed by atoms with Crippen LogP contribution in [0, 0.1) is 5.41 Å². The summed E-state index contributed by atoms with van der Waals surface area (Å²) in [6, 6.07) is 4.38. The van der Waals surface area contributed by atoms with Crippen LogP contribution in [0.5, 0.6) is 0 Å². The molecule has 0 radical (unpaired) electrons. The van der Waals surface area contributed by atoms with Crippen LogP contribution in [0.4, 0.5) is 5.82 Å². The van der Waals surface area contributed by atoms with Gasteiger partial charge < -0.3 is 10.6 Å². The molecule has 0 amide bonds. The first-order valence-corrected chi connectivity index (χ1v) is 5.75. The van der Waals surface area contributed by atoms with E-state index in [0.717, 1.165) is 12.4 Å². The van der Waals surface area contributed by atoms with Gasteiger partial charge in [-0.05, 0) is 38.3 Å². The number of hydrogen-bond donors (Lipinski definition) is 2. The molecule has 4 heteroatoms. The third-order valence-corrected chi connectivity index (χ3v) is 3.16. The number of nitrogens with zero attached hydrogens (tertiary/aromatic N) is 2. The van der Waals surface area contributed by atoms with Gasteiger partial charge in [0.25, 0.3) is 0 Å². The van der Waals surface area contributed by atoms with E-state index >= 15 is 0 Å². The van der Waals surface area contributed by atoms with Crippen LogP contribution in [0.3, 0.4) is 0 Å². The SMILES string of the molecule is CC1CCCCN1c1ccc(C(=N)N)cn1. The molecule has 2 rings (SSSR count). The summed E-state index contributed by atoms with van der Waals surface area (Å²) in [6.45, 7) is 3.31. The fourth-order valence-electron chi connectivity index (χ4n) is 2.15. The number of anilines is 1. The van der Waals surface area contributed by atoms with E-state index in [0.29, 0.717) is 11.6 Å². The minimum Gasteiger partial charge on any atom is -0.384 e. The molecule has 0 saturated carbocycles. The Labute approximate surface area is 96.0 Å². The van der Waals surface area contributed by atoms with Gasteiger partial charge in [-0.3, -0.25) is 5.41 Å². The zero-order valence-electron chi connectivity index (χ0n) is 9.61. The number of pyridine rings is 1. The molecule has 1 saturated heterocycles. The molecule has 2 heterocycles. The number of piperidine rings is 1. The minimum absolute atomic E-state index is 0.0748. The second kappa shape index (κ2) is 4.51. The number of nitrogens with one attached hydrogen (secondary N) is 1. The molecule has 0 aliphatic carbocycles. The van der Waals surface area contributed by atoms with Crippen LogP contribution in [-0.4, -0.2) is 23.4 Å². The molecular formula is C12H18N4. The lowest BCUT2D eigenvalue weighted by Crippen LogP contribution is -2.37. The summed E-state index contributed by atoms with van der Waals surface area (Å²) in [5, 5.41) is 7.31. The fraction of sp³-hybridized carbons (Fsp3) is 0.500. The summed E-state index contributed by atoms with van der Waals surface area (Å²) in [5.41, 5.74) is 6.09. The van der Waals surface area contributed by atoms with Crippen molar-refractivity contribution in [3.8, 4) is 0 Å². The molecule has 1 aromatic heterocycles. The molecule has 86 valence electrons. The Morgan fingerprint density at radius 3 is 2.88 bits per heavy atom. The lowest BCUT2D eigenvalue weighted by Gasteiger charge is -2.34. The van der Waals surface area contributed by atoms with Gasteiger partial charge in [-0.1, -0.05) is 0 Å². The summed E-state index contributed by atoms with van der Waals surface area (Å²) in [6.07, 6.45) is 5.46. The highest BCUT2D eigenvalue weighted by Gasteiger charge is 2.19. The van der Waals surface area contributed by atoms with Gasteiger partial charge in [-0.2, -0.15) is 0 Å². The van der Waals surface area contributed by atoms with Gasteiger partial charge in [0.05, 0.1) is 0 Å². The maximum Gasteiger partial charge on any atom is 0.128 e. The molecule has 1 aliphatic rings. The van der Waals surface area contributed by atoms with Crippen LogP contribution >= 0.6 is 0 Å². The fourth-order valence-corrected chi connectivity index (χ4v) is 2.15. The largest absolute Gasteiger partial charge is 0.384 e. The van der Waals surface area contributed by atoms with E-state index in [1.165, 1.54) is 19.3 Å². The number of amidine groups is 1. The molecule has 0 bridgehead atoms. The van der Waals surface area contributed by atoms with E-state index in [1.54, 1.807) is 6.20 Å². The zero-order valence-corrected chi connectivity index (χ0v) is 9.61. The van der Waals surface area contributed by atoms with E-state index in [-0.39, 0.29) is 5.84 Å². The van der Waals surface area contributed by atoms with E-state index in [2.05, 4.69) is 16.8 Å². The number of nitrogens with two attached hydrogens (primary N) is 1. The average Bonchev–Trinajstić information content (AvgIpc) is 2.30. The van der Waals surface area contributed by atoms with Crippen molar-refractivity contribution in [3.63, 3.8) is 0 Å². The summed E-state index contributed by atoms with van der Waals surface area (Å²) in [4.78, 5) is 6.71. The number of nitrogen functional groups attached to an aromatic ring is 1. The predicted molar refractivity (Wildman–Crippen MR) is 65.9 cm³/mol. The molecule has 1 aliphatic heterocycles. The quantitative estimate of drug-likeness (QED) is 0.587. The lowest BCUT2D eigenvalue weighted by atomic mass is 10.0.